The molecular weight excluding hydrogens is 151 g/mol. The fourth-order valence-corrected chi connectivity index (χ4v) is 0.911. The summed E-state index contributed by atoms with van der Waals surface area (Å²) in [7, 11) is 0.393. The molecule has 0 fully saturated rings. The summed E-state index contributed by atoms with van der Waals surface area (Å²) in [4.78, 5) is 9.97. The Hall–Kier alpha value is -1.29. The molecule has 0 atom stereocenters. The zero-order valence-corrected chi connectivity index (χ0v) is 6.79. The molecule has 4 heteroatoms. The minimum atomic E-state index is 0.393. The van der Waals surface area contributed by atoms with Crippen LogP contribution in [0.1, 0.15) is 5.56 Å². The molecule has 0 saturated heterocycles. The van der Waals surface area contributed by atoms with E-state index in [9.17, 15) is 4.79 Å². The summed E-state index contributed by atoms with van der Waals surface area (Å²) in [6.45, 7) is 0.707. The van der Waals surface area contributed by atoms with Gasteiger partial charge in [0.2, 0.25) is 0 Å². The molecular formula is C8H11BN2O. The Morgan fingerprint density at radius 2 is 2.08 bits per heavy atom. The van der Waals surface area contributed by atoms with E-state index >= 15 is 0 Å². The molecule has 1 aromatic carbocycles. The second kappa shape index (κ2) is 4.56. The zero-order valence-electron chi connectivity index (χ0n) is 6.79. The van der Waals surface area contributed by atoms with E-state index in [1.54, 1.807) is 0 Å². The van der Waals surface area contributed by atoms with Gasteiger partial charge in [0.1, 0.15) is 0 Å². The third-order valence-electron chi connectivity index (χ3n) is 1.54. The van der Waals surface area contributed by atoms with Crippen molar-refractivity contribution >= 4 is 19.3 Å². The van der Waals surface area contributed by atoms with Gasteiger partial charge in [0.15, 0.2) is 0 Å². The SMILES string of the molecule is Nc1ccc(CNBC=O)cc1. The number of rotatable bonds is 4. The summed E-state index contributed by atoms with van der Waals surface area (Å²) < 4.78 is 0. The Balaban J connectivity index is 2.42. The van der Waals surface area contributed by atoms with Crippen LogP contribution >= 0.6 is 0 Å². The predicted octanol–water partition coefficient (Wildman–Crippen LogP) is -0.0999. The molecule has 0 heterocycles. The van der Waals surface area contributed by atoms with E-state index < -0.39 is 0 Å². The maximum atomic E-state index is 9.97. The number of benzene rings is 1. The van der Waals surface area contributed by atoms with Crippen molar-refractivity contribution in [3.63, 3.8) is 0 Å². The van der Waals surface area contributed by atoms with Gasteiger partial charge in [-0.2, -0.15) is 0 Å². The van der Waals surface area contributed by atoms with E-state index in [1.165, 1.54) is 0 Å². The maximum Gasteiger partial charge on any atom is 0.278 e. The van der Waals surface area contributed by atoms with Gasteiger partial charge in [-0.15, -0.1) is 0 Å². The molecule has 0 aliphatic carbocycles. The van der Waals surface area contributed by atoms with Crippen LogP contribution in [-0.2, 0) is 11.3 Å². The molecule has 12 heavy (non-hydrogen) atoms. The smallest absolute Gasteiger partial charge is 0.278 e. The van der Waals surface area contributed by atoms with Crippen LogP contribution in [0.25, 0.3) is 0 Å². The van der Waals surface area contributed by atoms with Crippen molar-refractivity contribution < 1.29 is 4.79 Å². The van der Waals surface area contributed by atoms with Gasteiger partial charge in [0.05, 0.1) is 6.19 Å². The van der Waals surface area contributed by atoms with Crippen molar-refractivity contribution in [2.75, 3.05) is 5.73 Å². The molecule has 0 aliphatic rings. The van der Waals surface area contributed by atoms with Crippen molar-refractivity contribution in [2.45, 2.75) is 6.54 Å². The zero-order chi connectivity index (χ0) is 8.81. The van der Waals surface area contributed by atoms with Crippen LogP contribution in [-0.4, -0.2) is 13.6 Å². The summed E-state index contributed by atoms with van der Waals surface area (Å²) in [5.41, 5.74) is 7.39. The van der Waals surface area contributed by atoms with Gasteiger partial charge in [-0.3, -0.25) is 0 Å². The van der Waals surface area contributed by atoms with Gasteiger partial charge in [-0.05, 0) is 17.7 Å². The summed E-state index contributed by atoms with van der Waals surface area (Å²) in [6, 6.07) is 7.57. The van der Waals surface area contributed by atoms with Gasteiger partial charge < -0.3 is 15.8 Å². The molecule has 0 aromatic heterocycles. The van der Waals surface area contributed by atoms with E-state index in [2.05, 4.69) is 5.23 Å². The summed E-state index contributed by atoms with van der Waals surface area (Å²) in [6.07, 6.45) is 0.845. The standard InChI is InChI=1S/C8H11BN2O/c10-8-3-1-7(2-4-8)5-11-9-6-12/h1-4,6,9,11H,5,10H2. The van der Waals surface area contributed by atoms with Gasteiger partial charge in [-0.25, -0.2) is 0 Å². The first-order valence-corrected chi connectivity index (χ1v) is 3.81. The molecule has 1 rings (SSSR count). The molecule has 0 amide bonds. The molecule has 1 aromatic rings. The van der Waals surface area contributed by atoms with Gasteiger partial charge in [0, 0.05) is 12.2 Å². The van der Waals surface area contributed by atoms with Crippen LogP contribution in [0.4, 0.5) is 5.69 Å². The molecule has 0 spiro atoms. The number of carbonyl (C=O) groups excluding carboxylic acids is 1. The van der Waals surface area contributed by atoms with Crippen molar-refractivity contribution in [3.8, 4) is 0 Å². The summed E-state index contributed by atoms with van der Waals surface area (Å²) >= 11 is 0. The Kier molecular flexibility index (Phi) is 3.35. The highest BCUT2D eigenvalue weighted by molar-refractivity contribution is 6.64. The molecule has 0 aliphatic heterocycles. The number of nitrogens with two attached hydrogens (primary N) is 1. The third-order valence-corrected chi connectivity index (χ3v) is 1.54. The number of hydrogen-bond donors (Lipinski definition) is 2. The van der Waals surface area contributed by atoms with Crippen LogP contribution in [0.15, 0.2) is 24.3 Å². The minimum absolute atomic E-state index is 0.393. The van der Waals surface area contributed by atoms with Crippen LogP contribution in [0.3, 0.4) is 0 Å². The minimum Gasteiger partial charge on any atom is -0.399 e. The Morgan fingerprint density at radius 1 is 1.42 bits per heavy atom. The van der Waals surface area contributed by atoms with Crippen molar-refractivity contribution in [1.29, 1.82) is 0 Å². The summed E-state index contributed by atoms with van der Waals surface area (Å²) in [5.74, 6) is 0. The first-order chi connectivity index (χ1) is 5.83. The van der Waals surface area contributed by atoms with Gasteiger partial charge >= 0.3 is 0 Å². The quantitative estimate of drug-likeness (QED) is 0.281. The molecule has 0 bridgehead atoms. The second-order valence-corrected chi connectivity index (χ2v) is 2.54. The first-order valence-electron chi connectivity index (χ1n) is 3.81. The number of nitrogen functional groups attached to an aromatic ring is 1. The third kappa shape index (κ3) is 2.76. The molecule has 0 radical (unpaired) electrons. The largest absolute Gasteiger partial charge is 0.399 e. The Bertz CT molecular complexity index is 248. The summed E-state index contributed by atoms with van der Waals surface area (Å²) in [5, 5.41) is 2.96. The number of hydrogen-bond acceptors (Lipinski definition) is 3. The van der Waals surface area contributed by atoms with Crippen LogP contribution in [0, 0.1) is 0 Å². The van der Waals surface area contributed by atoms with Gasteiger partial charge in [0.25, 0.3) is 7.41 Å². The average molecular weight is 162 g/mol. The average Bonchev–Trinajstić information content (AvgIpc) is 2.09. The first kappa shape index (κ1) is 8.81. The Labute approximate surface area is 72.2 Å². The molecule has 3 nitrogen and oxygen atoms in total. The number of carbonyl (C=O) groups is 1. The maximum absolute atomic E-state index is 9.97. The normalized spacial score (nSPS) is 9.33. The molecule has 0 unspecified atom stereocenters. The lowest BCUT2D eigenvalue weighted by Gasteiger charge is -2.00. The fourth-order valence-electron chi connectivity index (χ4n) is 0.911. The van der Waals surface area contributed by atoms with Gasteiger partial charge in [-0.1, -0.05) is 12.1 Å². The van der Waals surface area contributed by atoms with Crippen molar-refractivity contribution in [1.82, 2.24) is 5.23 Å². The van der Waals surface area contributed by atoms with Crippen LogP contribution in [0.2, 0.25) is 0 Å². The highest BCUT2D eigenvalue weighted by atomic mass is 16.1. The topological polar surface area (TPSA) is 55.1 Å². The van der Waals surface area contributed by atoms with Crippen LogP contribution in [0.5, 0.6) is 0 Å². The lowest BCUT2D eigenvalue weighted by molar-refractivity contribution is 0.567. The molecule has 3 N–H and O–H groups in total. The van der Waals surface area contributed by atoms with E-state index in [1.807, 2.05) is 24.3 Å². The van der Waals surface area contributed by atoms with E-state index in [0.717, 1.165) is 17.4 Å². The molecule has 62 valence electrons. The number of nitrogens with one attached hydrogen (secondary N) is 1. The lowest BCUT2D eigenvalue weighted by atomic mass is 9.98. The number of anilines is 1. The van der Waals surface area contributed by atoms with Crippen molar-refractivity contribution in [3.05, 3.63) is 29.8 Å². The van der Waals surface area contributed by atoms with E-state index in [0.29, 0.717) is 14.0 Å². The van der Waals surface area contributed by atoms with Crippen molar-refractivity contribution in [2.24, 2.45) is 0 Å². The lowest BCUT2D eigenvalue weighted by Crippen LogP contribution is -2.19. The second-order valence-electron chi connectivity index (χ2n) is 2.54. The highest BCUT2D eigenvalue weighted by Gasteiger charge is 1.91. The highest BCUT2D eigenvalue weighted by Crippen LogP contribution is 2.04. The predicted molar refractivity (Wildman–Crippen MR) is 51.6 cm³/mol. The van der Waals surface area contributed by atoms with E-state index in [4.69, 9.17) is 5.73 Å². The molecule has 0 saturated carbocycles. The monoisotopic (exact) mass is 162 g/mol. The van der Waals surface area contributed by atoms with Crippen LogP contribution < -0.4 is 11.0 Å². The fraction of sp³-hybridized carbons (Fsp3) is 0.125. The Morgan fingerprint density at radius 3 is 2.67 bits per heavy atom. The van der Waals surface area contributed by atoms with E-state index in [-0.39, 0.29) is 0 Å².